The Balaban J connectivity index is 1.09. The number of benzene rings is 1. The Morgan fingerprint density at radius 2 is 1.82 bits per heavy atom. The zero-order valence-corrected chi connectivity index (χ0v) is 29.0. The Morgan fingerprint density at radius 1 is 1.02 bits per heavy atom. The zero-order chi connectivity index (χ0) is 35.2. The van der Waals surface area contributed by atoms with Crippen LogP contribution >= 0.6 is 0 Å². The molecule has 1 amide bonds. The Bertz CT molecular complexity index is 2050. The maximum Gasteiger partial charge on any atom is 0.302 e. The summed E-state index contributed by atoms with van der Waals surface area (Å²) in [6.45, 7) is 7.42. The first-order valence-electron chi connectivity index (χ1n) is 17.7. The molecule has 51 heavy (non-hydrogen) atoms. The van der Waals surface area contributed by atoms with Crippen molar-refractivity contribution >= 4 is 34.8 Å². The normalized spacial score (nSPS) is 17.9. The van der Waals surface area contributed by atoms with E-state index in [0.29, 0.717) is 53.0 Å². The summed E-state index contributed by atoms with van der Waals surface area (Å²) < 4.78 is 30.0. The fraction of sp³-hybridized carbons (Fsp3) is 0.421. The van der Waals surface area contributed by atoms with Crippen LogP contribution in [0.1, 0.15) is 47.1 Å². The Kier molecular flexibility index (Phi) is 8.84. The van der Waals surface area contributed by atoms with E-state index in [0.717, 1.165) is 70.8 Å². The first kappa shape index (κ1) is 33.2. The van der Waals surface area contributed by atoms with Crippen LogP contribution in [0.3, 0.4) is 0 Å². The van der Waals surface area contributed by atoms with Crippen LogP contribution in [0.2, 0.25) is 0 Å². The molecule has 4 aliphatic rings. The SMILES string of the molecule is CC(=O)OCc1c(-c2cc(Nc3ccc(N4CCN(C5COC5)CC4)cn3)c(=O)n(C)c2)cc(F)cc1N1CCn2c(cc3c2CCCC3)C1=O. The van der Waals surface area contributed by atoms with Crippen LogP contribution in [0.25, 0.3) is 11.1 Å². The topological polar surface area (TPSA) is 114 Å². The largest absolute Gasteiger partial charge is 0.461 e. The number of ether oxygens (including phenoxy) is 2. The molecule has 266 valence electrons. The van der Waals surface area contributed by atoms with E-state index in [2.05, 4.69) is 24.7 Å². The van der Waals surface area contributed by atoms with Gasteiger partial charge in [0.15, 0.2) is 0 Å². The average Bonchev–Trinajstić information content (AvgIpc) is 3.49. The second kappa shape index (κ2) is 13.6. The van der Waals surface area contributed by atoms with Gasteiger partial charge < -0.3 is 33.7 Å². The van der Waals surface area contributed by atoms with E-state index >= 15 is 4.39 Å². The van der Waals surface area contributed by atoms with E-state index < -0.39 is 11.8 Å². The van der Waals surface area contributed by atoms with Crippen LogP contribution in [0.5, 0.6) is 0 Å². The molecule has 0 radical (unpaired) electrons. The van der Waals surface area contributed by atoms with Gasteiger partial charge in [-0.25, -0.2) is 9.37 Å². The monoisotopic (exact) mass is 695 g/mol. The lowest BCUT2D eigenvalue weighted by atomic mass is 9.97. The minimum absolute atomic E-state index is 0.182. The molecule has 8 rings (SSSR count). The second-order valence-corrected chi connectivity index (χ2v) is 13.8. The first-order valence-corrected chi connectivity index (χ1v) is 17.7. The van der Waals surface area contributed by atoms with Crippen LogP contribution in [-0.4, -0.2) is 82.9 Å². The predicted molar refractivity (Wildman–Crippen MR) is 191 cm³/mol. The first-order chi connectivity index (χ1) is 24.7. The molecule has 0 spiro atoms. The standard InChI is InChI=1S/C38H42FN7O5/c1-24(47)51-23-31-30(17-27(39)18-34(31)46-14-13-45-33-6-4-3-5-25(33)16-35(45)38(46)49)26-15-32(37(48)42(2)20-26)41-36-8-7-28(19-40-36)43-9-11-44(12-10-43)29-21-50-22-29/h7-8,15-20,29H,3-6,9-14,21-23H2,1-2H3,(H,40,41). The number of hydrogen-bond donors (Lipinski definition) is 1. The molecule has 3 aromatic heterocycles. The highest BCUT2D eigenvalue weighted by molar-refractivity contribution is 6.07. The van der Waals surface area contributed by atoms with Crippen molar-refractivity contribution in [3.63, 3.8) is 0 Å². The van der Waals surface area contributed by atoms with E-state index in [1.54, 1.807) is 30.4 Å². The van der Waals surface area contributed by atoms with Crippen LogP contribution < -0.4 is 20.7 Å². The summed E-state index contributed by atoms with van der Waals surface area (Å²) in [5.74, 6) is -0.789. The van der Waals surface area contributed by atoms with Gasteiger partial charge in [-0.05, 0) is 73.2 Å². The molecule has 1 aromatic carbocycles. The molecule has 13 heteroatoms. The number of nitrogens with zero attached hydrogens (tertiary/aromatic N) is 6. The number of hydrogen-bond acceptors (Lipinski definition) is 9. The highest BCUT2D eigenvalue weighted by Crippen LogP contribution is 2.37. The number of pyridine rings is 2. The number of carbonyl (C=O) groups excluding carboxylic acids is 2. The van der Waals surface area contributed by atoms with Gasteiger partial charge in [0.2, 0.25) is 0 Å². The van der Waals surface area contributed by atoms with Crippen molar-refractivity contribution in [1.29, 1.82) is 0 Å². The highest BCUT2D eigenvalue weighted by Gasteiger charge is 2.33. The molecule has 0 saturated carbocycles. The molecule has 2 saturated heterocycles. The van der Waals surface area contributed by atoms with Crippen molar-refractivity contribution in [3.8, 4) is 11.1 Å². The Hall–Kier alpha value is -5.01. The minimum atomic E-state index is -0.554. The molecule has 3 aliphatic heterocycles. The lowest BCUT2D eigenvalue weighted by molar-refractivity contribution is -0.142. The van der Waals surface area contributed by atoms with E-state index in [-0.39, 0.29) is 23.8 Å². The van der Waals surface area contributed by atoms with Gasteiger partial charge in [-0.3, -0.25) is 19.3 Å². The second-order valence-electron chi connectivity index (χ2n) is 13.8. The number of rotatable bonds is 8. The molecular formula is C38H42FN7O5. The minimum Gasteiger partial charge on any atom is -0.461 e. The third-order valence-electron chi connectivity index (χ3n) is 10.6. The van der Waals surface area contributed by atoms with E-state index in [4.69, 9.17) is 9.47 Å². The number of carbonyl (C=O) groups is 2. The number of esters is 1. The van der Waals surface area contributed by atoms with Crippen molar-refractivity contribution in [2.45, 2.75) is 51.8 Å². The predicted octanol–water partition coefficient (Wildman–Crippen LogP) is 4.25. The van der Waals surface area contributed by atoms with Gasteiger partial charge in [0.25, 0.3) is 11.5 Å². The number of amides is 1. The summed E-state index contributed by atoms with van der Waals surface area (Å²) in [5, 5.41) is 3.16. The van der Waals surface area contributed by atoms with Gasteiger partial charge in [-0.15, -0.1) is 0 Å². The number of nitrogens with one attached hydrogen (secondary N) is 1. The van der Waals surface area contributed by atoms with Crippen molar-refractivity contribution in [1.82, 2.24) is 19.0 Å². The molecule has 1 aliphatic carbocycles. The molecule has 4 aromatic rings. The molecule has 12 nitrogen and oxygen atoms in total. The van der Waals surface area contributed by atoms with Crippen LogP contribution in [-0.2, 0) is 47.3 Å². The number of fused-ring (bicyclic) bond motifs is 3. The highest BCUT2D eigenvalue weighted by atomic mass is 19.1. The maximum atomic E-state index is 15.6. The van der Waals surface area contributed by atoms with Crippen molar-refractivity contribution in [2.24, 2.45) is 7.05 Å². The van der Waals surface area contributed by atoms with Crippen molar-refractivity contribution in [2.75, 3.05) is 61.1 Å². The smallest absolute Gasteiger partial charge is 0.302 e. The fourth-order valence-electron chi connectivity index (χ4n) is 7.83. The number of aromatic nitrogens is 3. The number of anilines is 4. The third kappa shape index (κ3) is 6.40. The van der Waals surface area contributed by atoms with Gasteiger partial charge in [0.1, 0.15) is 29.6 Å². The quantitative estimate of drug-likeness (QED) is 0.270. The Morgan fingerprint density at radius 3 is 2.55 bits per heavy atom. The Labute approximate surface area is 295 Å². The van der Waals surface area contributed by atoms with Crippen molar-refractivity contribution in [3.05, 3.63) is 87.5 Å². The number of piperazine rings is 1. The van der Waals surface area contributed by atoms with E-state index in [1.165, 1.54) is 34.9 Å². The van der Waals surface area contributed by atoms with E-state index in [1.807, 2.05) is 18.2 Å². The molecule has 1 N–H and O–H groups in total. The zero-order valence-electron chi connectivity index (χ0n) is 29.0. The maximum absolute atomic E-state index is 15.6. The number of halogens is 1. The fourth-order valence-corrected chi connectivity index (χ4v) is 7.83. The molecule has 6 heterocycles. The summed E-state index contributed by atoms with van der Waals surface area (Å²) >= 11 is 0. The molecule has 0 bridgehead atoms. The summed E-state index contributed by atoms with van der Waals surface area (Å²) in [6.07, 6.45) is 7.51. The van der Waals surface area contributed by atoms with E-state index in [9.17, 15) is 14.4 Å². The lowest BCUT2D eigenvalue weighted by Gasteiger charge is -2.43. The van der Waals surface area contributed by atoms with Crippen LogP contribution in [0.4, 0.5) is 27.3 Å². The van der Waals surface area contributed by atoms with Gasteiger partial charge in [0.05, 0.1) is 36.8 Å². The third-order valence-corrected chi connectivity index (χ3v) is 10.6. The molecule has 0 unspecified atom stereocenters. The molecular weight excluding hydrogens is 653 g/mol. The summed E-state index contributed by atoms with van der Waals surface area (Å²) in [7, 11) is 1.62. The molecule has 2 fully saturated rings. The van der Waals surface area contributed by atoms with Gasteiger partial charge in [-0.2, -0.15) is 0 Å². The van der Waals surface area contributed by atoms with Crippen molar-refractivity contribution < 1.29 is 23.5 Å². The number of aryl methyl sites for hydroxylation is 2. The van der Waals surface area contributed by atoms with Gasteiger partial charge >= 0.3 is 5.97 Å². The van der Waals surface area contributed by atoms with Crippen LogP contribution in [0, 0.1) is 5.82 Å². The summed E-state index contributed by atoms with van der Waals surface area (Å²) in [6, 6.07) is 10.7. The molecule has 0 atom stereocenters. The average molecular weight is 696 g/mol. The van der Waals surface area contributed by atoms with Gasteiger partial charge in [-0.1, -0.05) is 0 Å². The van der Waals surface area contributed by atoms with Crippen LogP contribution in [0.15, 0.2) is 53.6 Å². The lowest BCUT2D eigenvalue weighted by Crippen LogP contribution is -2.56. The summed E-state index contributed by atoms with van der Waals surface area (Å²) in [5.41, 5.74) is 5.71. The van der Waals surface area contributed by atoms with Gasteiger partial charge in [0, 0.05) is 76.3 Å². The summed E-state index contributed by atoms with van der Waals surface area (Å²) in [4.78, 5) is 50.4.